The van der Waals surface area contributed by atoms with Crippen LogP contribution in [-0.2, 0) is 0 Å². The minimum Gasteiger partial charge on any atom is -0.458 e. The maximum absolute atomic E-state index is 12.8. The van der Waals surface area contributed by atoms with E-state index < -0.39 is 0 Å². The molecule has 1 aliphatic heterocycles. The van der Waals surface area contributed by atoms with Crippen LogP contribution < -0.4 is 4.74 Å². The number of nitrogens with zero attached hydrogens (tertiary/aromatic N) is 3. The lowest BCUT2D eigenvalue weighted by Crippen LogP contribution is -2.44. The van der Waals surface area contributed by atoms with Gasteiger partial charge in [-0.1, -0.05) is 12.1 Å². The number of amides is 1. The molecule has 120 valence electrons. The topological polar surface area (TPSA) is 55.3 Å². The molecule has 0 radical (unpaired) electrons. The fourth-order valence-corrected chi connectivity index (χ4v) is 3.30. The summed E-state index contributed by atoms with van der Waals surface area (Å²) < 4.78 is 5.81. The zero-order chi connectivity index (χ0) is 16.1. The highest BCUT2D eigenvalue weighted by Crippen LogP contribution is 2.23. The molecule has 1 fully saturated rings. The number of benzene rings is 1. The van der Waals surface area contributed by atoms with E-state index in [1.807, 2.05) is 35.4 Å². The minimum atomic E-state index is -0.0588. The van der Waals surface area contributed by atoms with Crippen LogP contribution in [0.1, 0.15) is 23.2 Å². The van der Waals surface area contributed by atoms with Crippen molar-refractivity contribution in [3.8, 4) is 6.01 Å². The van der Waals surface area contributed by atoms with Crippen LogP contribution in [-0.4, -0.2) is 46.2 Å². The van der Waals surface area contributed by atoms with Crippen LogP contribution in [0.4, 0.5) is 0 Å². The average molecular weight is 329 g/mol. The van der Waals surface area contributed by atoms with E-state index in [0.717, 1.165) is 29.8 Å². The molecule has 0 N–H and O–H groups in total. The number of likely N-dealkylation sites (tertiary alicyclic amines) is 1. The molecule has 2 aromatic rings. The Morgan fingerprint density at radius 3 is 2.83 bits per heavy atom. The lowest BCUT2D eigenvalue weighted by molar-refractivity contribution is 0.0513. The summed E-state index contributed by atoms with van der Waals surface area (Å²) in [7, 11) is 0. The van der Waals surface area contributed by atoms with E-state index in [2.05, 4.69) is 9.97 Å². The van der Waals surface area contributed by atoms with E-state index in [0.29, 0.717) is 12.6 Å². The van der Waals surface area contributed by atoms with Crippen LogP contribution in [0.25, 0.3) is 0 Å². The number of hydrogen-bond donors (Lipinski definition) is 0. The van der Waals surface area contributed by atoms with Gasteiger partial charge in [-0.25, -0.2) is 9.97 Å². The van der Waals surface area contributed by atoms with Gasteiger partial charge in [0.1, 0.15) is 6.10 Å². The summed E-state index contributed by atoms with van der Waals surface area (Å²) in [6.45, 7) is 1.33. The summed E-state index contributed by atoms with van der Waals surface area (Å²) in [6, 6.07) is 9.85. The molecular formula is C17H19N3O2S. The van der Waals surface area contributed by atoms with Gasteiger partial charge in [0, 0.05) is 23.8 Å². The number of carbonyl (C=O) groups excluding carboxylic acids is 1. The van der Waals surface area contributed by atoms with E-state index in [-0.39, 0.29) is 12.0 Å². The minimum absolute atomic E-state index is 0.0588. The Morgan fingerprint density at radius 1 is 1.26 bits per heavy atom. The average Bonchev–Trinajstić information content (AvgIpc) is 2.62. The molecule has 1 atom stereocenters. The van der Waals surface area contributed by atoms with Gasteiger partial charge in [0.15, 0.2) is 0 Å². The molecule has 0 spiro atoms. The van der Waals surface area contributed by atoms with Gasteiger partial charge in [-0.05, 0) is 37.3 Å². The van der Waals surface area contributed by atoms with Crippen LogP contribution in [0.3, 0.4) is 0 Å². The number of ether oxygens (including phenoxy) is 1. The predicted molar refractivity (Wildman–Crippen MR) is 89.8 cm³/mol. The van der Waals surface area contributed by atoms with Crippen molar-refractivity contribution in [2.24, 2.45) is 0 Å². The molecule has 1 aromatic heterocycles. The van der Waals surface area contributed by atoms with Crippen molar-refractivity contribution in [2.45, 2.75) is 23.8 Å². The van der Waals surface area contributed by atoms with Gasteiger partial charge in [-0.2, -0.15) is 0 Å². The van der Waals surface area contributed by atoms with Gasteiger partial charge in [0.25, 0.3) is 5.91 Å². The van der Waals surface area contributed by atoms with Crippen molar-refractivity contribution in [1.29, 1.82) is 0 Å². The first-order chi connectivity index (χ1) is 11.3. The number of carbonyl (C=O) groups is 1. The van der Waals surface area contributed by atoms with E-state index in [1.54, 1.807) is 30.2 Å². The Morgan fingerprint density at radius 2 is 2.04 bits per heavy atom. The lowest BCUT2D eigenvalue weighted by Gasteiger charge is -2.32. The van der Waals surface area contributed by atoms with Crippen molar-refractivity contribution in [3.63, 3.8) is 0 Å². The third-order valence-electron chi connectivity index (χ3n) is 3.82. The van der Waals surface area contributed by atoms with Crippen molar-refractivity contribution in [3.05, 3.63) is 48.3 Å². The normalized spacial score (nSPS) is 17.8. The first-order valence-electron chi connectivity index (χ1n) is 7.64. The second-order valence-electron chi connectivity index (χ2n) is 5.36. The summed E-state index contributed by atoms with van der Waals surface area (Å²) in [5.74, 6) is 0.0669. The van der Waals surface area contributed by atoms with Gasteiger partial charge in [0.2, 0.25) is 0 Å². The van der Waals surface area contributed by atoms with Gasteiger partial charge >= 0.3 is 6.01 Å². The number of piperidine rings is 1. The van der Waals surface area contributed by atoms with Gasteiger partial charge in [-0.15, -0.1) is 11.8 Å². The fourth-order valence-electron chi connectivity index (χ4n) is 2.71. The monoisotopic (exact) mass is 329 g/mol. The SMILES string of the molecule is CSc1ccccc1C(=O)N1CCC[C@H](Oc2ncccn2)C1. The summed E-state index contributed by atoms with van der Waals surface area (Å²) in [4.78, 5) is 23.9. The molecule has 1 amide bonds. The van der Waals surface area contributed by atoms with E-state index in [1.165, 1.54) is 0 Å². The van der Waals surface area contributed by atoms with Crippen LogP contribution >= 0.6 is 11.8 Å². The maximum Gasteiger partial charge on any atom is 0.316 e. The van der Waals surface area contributed by atoms with E-state index in [4.69, 9.17) is 4.74 Å². The third kappa shape index (κ3) is 3.82. The summed E-state index contributed by atoms with van der Waals surface area (Å²) in [5, 5.41) is 0. The Bertz CT molecular complexity index is 666. The standard InChI is InChI=1S/C17H19N3O2S/c1-23-15-8-3-2-7-14(15)16(21)20-11-4-6-13(12-20)22-17-18-9-5-10-19-17/h2-3,5,7-10,13H,4,6,11-12H2,1H3/t13-/m0/s1. The first kappa shape index (κ1) is 15.8. The predicted octanol–water partition coefficient (Wildman–Crippen LogP) is 2.88. The van der Waals surface area contributed by atoms with E-state index >= 15 is 0 Å². The second kappa shape index (κ2) is 7.46. The Balaban J connectivity index is 1.69. The Hall–Kier alpha value is -2.08. The van der Waals surface area contributed by atoms with Crippen molar-refractivity contribution < 1.29 is 9.53 Å². The zero-order valence-corrected chi connectivity index (χ0v) is 13.8. The molecule has 0 saturated carbocycles. The molecule has 23 heavy (non-hydrogen) atoms. The first-order valence-corrected chi connectivity index (χ1v) is 8.86. The number of rotatable bonds is 4. The number of hydrogen-bond acceptors (Lipinski definition) is 5. The van der Waals surface area contributed by atoms with Gasteiger partial charge in [0.05, 0.1) is 12.1 Å². The molecule has 2 heterocycles. The quantitative estimate of drug-likeness (QED) is 0.807. The van der Waals surface area contributed by atoms with Crippen LogP contribution in [0.15, 0.2) is 47.6 Å². The van der Waals surface area contributed by atoms with Crippen molar-refractivity contribution >= 4 is 17.7 Å². The molecule has 0 unspecified atom stereocenters. The van der Waals surface area contributed by atoms with E-state index in [9.17, 15) is 4.79 Å². The molecule has 1 saturated heterocycles. The molecule has 6 heteroatoms. The highest BCUT2D eigenvalue weighted by molar-refractivity contribution is 7.98. The van der Waals surface area contributed by atoms with Crippen LogP contribution in [0, 0.1) is 0 Å². The molecule has 0 aliphatic carbocycles. The lowest BCUT2D eigenvalue weighted by atomic mass is 10.1. The summed E-state index contributed by atoms with van der Waals surface area (Å²) >= 11 is 1.59. The number of aromatic nitrogens is 2. The molecule has 0 bridgehead atoms. The van der Waals surface area contributed by atoms with Crippen LogP contribution in [0.5, 0.6) is 6.01 Å². The summed E-state index contributed by atoms with van der Waals surface area (Å²) in [5.41, 5.74) is 0.761. The highest BCUT2D eigenvalue weighted by Gasteiger charge is 2.27. The van der Waals surface area contributed by atoms with Crippen molar-refractivity contribution in [1.82, 2.24) is 14.9 Å². The summed E-state index contributed by atoms with van der Waals surface area (Å²) in [6.07, 6.45) is 7.07. The molecule has 3 rings (SSSR count). The smallest absolute Gasteiger partial charge is 0.316 e. The molecule has 1 aromatic carbocycles. The molecular weight excluding hydrogens is 310 g/mol. The van der Waals surface area contributed by atoms with Crippen LogP contribution in [0.2, 0.25) is 0 Å². The molecule has 5 nitrogen and oxygen atoms in total. The fraction of sp³-hybridized carbons (Fsp3) is 0.353. The molecule has 1 aliphatic rings. The Kier molecular flexibility index (Phi) is 5.12. The highest BCUT2D eigenvalue weighted by atomic mass is 32.2. The second-order valence-corrected chi connectivity index (χ2v) is 6.21. The zero-order valence-electron chi connectivity index (χ0n) is 13.0. The largest absolute Gasteiger partial charge is 0.458 e. The van der Waals surface area contributed by atoms with Crippen molar-refractivity contribution in [2.75, 3.05) is 19.3 Å². The van der Waals surface area contributed by atoms with Gasteiger partial charge < -0.3 is 9.64 Å². The van der Waals surface area contributed by atoms with Gasteiger partial charge in [-0.3, -0.25) is 4.79 Å². The third-order valence-corrected chi connectivity index (χ3v) is 4.61. The maximum atomic E-state index is 12.8. The number of thioether (sulfide) groups is 1. The Labute approximate surface area is 140 Å².